The molecule has 0 aromatic heterocycles. The van der Waals surface area contributed by atoms with Crippen molar-refractivity contribution in [3.05, 3.63) is 23.8 Å². The van der Waals surface area contributed by atoms with Crippen LogP contribution in [-0.2, 0) is 11.3 Å². The van der Waals surface area contributed by atoms with Crippen LogP contribution in [0.15, 0.2) is 18.2 Å². The summed E-state index contributed by atoms with van der Waals surface area (Å²) >= 11 is 0. The summed E-state index contributed by atoms with van der Waals surface area (Å²) in [5, 5.41) is 21.8. The van der Waals surface area contributed by atoms with E-state index in [1.807, 2.05) is 0 Å². The number of nitrogens with one attached hydrogen (secondary N) is 1. The van der Waals surface area contributed by atoms with Crippen LogP contribution in [0.1, 0.15) is 12.0 Å². The summed E-state index contributed by atoms with van der Waals surface area (Å²) in [7, 11) is 3.49. The van der Waals surface area contributed by atoms with Gasteiger partial charge in [0.1, 0.15) is 11.5 Å². The van der Waals surface area contributed by atoms with Crippen molar-refractivity contribution in [2.45, 2.75) is 13.0 Å². The first-order valence-corrected chi connectivity index (χ1v) is 8.20. The molecule has 1 saturated heterocycles. The Morgan fingerprint density at radius 1 is 1.46 bits per heavy atom. The number of carbonyl (C=O) groups is 1. The lowest BCUT2D eigenvalue weighted by Gasteiger charge is -2.22. The number of urea groups is 1. The molecule has 0 bridgehead atoms. The number of hydrogen-bond acceptors (Lipinski definition) is 5. The fourth-order valence-electron chi connectivity index (χ4n) is 2.96. The summed E-state index contributed by atoms with van der Waals surface area (Å²) in [5.74, 6) is 0.446. The Kier molecular flexibility index (Phi) is 6.69. The van der Waals surface area contributed by atoms with Gasteiger partial charge in [0, 0.05) is 52.0 Å². The molecule has 1 aromatic rings. The highest BCUT2D eigenvalue weighted by atomic mass is 16.5. The standard InChI is InChI=1S/C17H27N3O4/c1-19(11-13-5-6-20(12-13)7-8-24-2)17(23)18-10-14-3-4-15(21)9-16(14)22/h3-4,9,13,21-22H,5-8,10-12H2,1-2H3,(H,18,23)/t13-/m0/s1. The molecule has 7 heteroatoms. The molecule has 0 radical (unpaired) electrons. The number of phenolic OH excluding ortho intramolecular Hbond substituents is 2. The predicted octanol–water partition coefficient (Wildman–Crippen LogP) is 1.21. The number of rotatable bonds is 7. The van der Waals surface area contributed by atoms with Crippen LogP contribution in [0.3, 0.4) is 0 Å². The zero-order chi connectivity index (χ0) is 17.5. The molecule has 0 aliphatic carbocycles. The Morgan fingerprint density at radius 3 is 2.96 bits per heavy atom. The first kappa shape index (κ1) is 18.4. The molecule has 2 amide bonds. The highest BCUT2D eigenvalue weighted by Gasteiger charge is 2.24. The number of benzene rings is 1. The van der Waals surface area contributed by atoms with Gasteiger partial charge in [-0.1, -0.05) is 0 Å². The summed E-state index contributed by atoms with van der Waals surface area (Å²) in [5.41, 5.74) is 0.571. The van der Waals surface area contributed by atoms with Gasteiger partial charge in [-0.3, -0.25) is 0 Å². The minimum absolute atomic E-state index is 0.000967. The number of nitrogens with zero attached hydrogens (tertiary/aromatic N) is 2. The highest BCUT2D eigenvalue weighted by Crippen LogP contribution is 2.22. The van der Waals surface area contributed by atoms with E-state index in [0.717, 1.165) is 32.7 Å². The van der Waals surface area contributed by atoms with E-state index in [1.54, 1.807) is 25.1 Å². The summed E-state index contributed by atoms with van der Waals surface area (Å²) in [6.07, 6.45) is 1.08. The third-order valence-electron chi connectivity index (χ3n) is 4.36. The van der Waals surface area contributed by atoms with Gasteiger partial charge in [-0.25, -0.2) is 4.79 Å². The molecule has 1 fully saturated rings. The highest BCUT2D eigenvalue weighted by molar-refractivity contribution is 5.73. The summed E-state index contributed by atoms with van der Waals surface area (Å²) in [4.78, 5) is 16.2. The molecule has 7 nitrogen and oxygen atoms in total. The van der Waals surface area contributed by atoms with Gasteiger partial charge in [-0.05, 0) is 31.0 Å². The van der Waals surface area contributed by atoms with E-state index in [1.165, 1.54) is 12.1 Å². The Hall–Kier alpha value is -1.99. The Bertz CT molecular complexity index is 553. The van der Waals surface area contributed by atoms with E-state index in [4.69, 9.17) is 4.74 Å². The number of aromatic hydroxyl groups is 2. The van der Waals surface area contributed by atoms with Crippen molar-refractivity contribution in [1.82, 2.24) is 15.1 Å². The molecule has 1 atom stereocenters. The number of likely N-dealkylation sites (tertiary alicyclic amines) is 1. The van der Waals surface area contributed by atoms with E-state index < -0.39 is 0 Å². The van der Waals surface area contributed by atoms with Crippen molar-refractivity contribution in [2.24, 2.45) is 5.92 Å². The van der Waals surface area contributed by atoms with Crippen LogP contribution in [0.5, 0.6) is 11.5 Å². The number of hydrogen-bond donors (Lipinski definition) is 3. The van der Waals surface area contributed by atoms with Crippen LogP contribution in [0.4, 0.5) is 4.79 Å². The molecular weight excluding hydrogens is 310 g/mol. The lowest BCUT2D eigenvalue weighted by molar-refractivity contribution is 0.157. The lowest BCUT2D eigenvalue weighted by Crippen LogP contribution is -2.40. The van der Waals surface area contributed by atoms with Crippen molar-refractivity contribution in [2.75, 3.05) is 46.9 Å². The Morgan fingerprint density at radius 2 is 2.25 bits per heavy atom. The monoisotopic (exact) mass is 337 g/mol. The SMILES string of the molecule is COCCN1CC[C@@H](CN(C)C(=O)NCc2ccc(O)cc2O)C1. The molecule has 0 unspecified atom stereocenters. The van der Waals surface area contributed by atoms with Gasteiger partial charge >= 0.3 is 6.03 Å². The first-order chi connectivity index (χ1) is 11.5. The maximum absolute atomic E-state index is 12.2. The van der Waals surface area contributed by atoms with E-state index >= 15 is 0 Å². The van der Waals surface area contributed by atoms with E-state index in [9.17, 15) is 15.0 Å². The fraction of sp³-hybridized carbons (Fsp3) is 0.588. The minimum atomic E-state index is -0.169. The summed E-state index contributed by atoms with van der Waals surface area (Å²) in [6.45, 7) is 4.63. The van der Waals surface area contributed by atoms with Gasteiger partial charge in [-0.15, -0.1) is 0 Å². The fourth-order valence-corrected chi connectivity index (χ4v) is 2.96. The quantitative estimate of drug-likeness (QED) is 0.696. The predicted molar refractivity (Wildman–Crippen MR) is 91.1 cm³/mol. The Labute approximate surface area is 142 Å². The van der Waals surface area contributed by atoms with Gasteiger partial charge in [0.25, 0.3) is 0 Å². The van der Waals surface area contributed by atoms with Gasteiger partial charge in [-0.2, -0.15) is 0 Å². The van der Waals surface area contributed by atoms with Crippen LogP contribution < -0.4 is 5.32 Å². The van der Waals surface area contributed by atoms with Crippen LogP contribution in [0.2, 0.25) is 0 Å². The molecular formula is C17H27N3O4. The molecule has 24 heavy (non-hydrogen) atoms. The maximum atomic E-state index is 12.2. The maximum Gasteiger partial charge on any atom is 0.317 e. The van der Waals surface area contributed by atoms with E-state index in [0.29, 0.717) is 18.0 Å². The second kappa shape index (κ2) is 8.75. The smallest absolute Gasteiger partial charge is 0.317 e. The van der Waals surface area contributed by atoms with Crippen LogP contribution in [0, 0.1) is 5.92 Å². The number of carbonyl (C=O) groups excluding carboxylic acids is 1. The van der Waals surface area contributed by atoms with Crippen LogP contribution in [0.25, 0.3) is 0 Å². The molecule has 134 valence electrons. The number of methoxy groups -OCH3 is 1. The summed E-state index contributed by atoms with van der Waals surface area (Å²) < 4.78 is 5.10. The molecule has 1 heterocycles. The Balaban J connectivity index is 1.74. The normalized spacial score (nSPS) is 17.8. The van der Waals surface area contributed by atoms with Crippen LogP contribution in [-0.4, -0.2) is 73.0 Å². The number of amides is 2. The first-order valence-electron chi connectivity index (χ1n) is 8.20. The second-order valence-electron chi connectivity index (χ2n) is 6.30. The molecule has 1 aliphatic heterocycles. The van der Waals surface area contributed by atoms with Crippen molar-refractivity contribution in [1.29, 1.82) is 0 Å². The molecule has 1 aromatic carbocycles. The average Bonchev–Trinajstić information content (AvgIpc) is 2.99. The molecule has 2 rings (SSSR count). The molecule has 0 spiro atoms. The molecule has 1 aliphatic rings. The largest absolute Gasteiger partial charge is 0.508 e. The van der Waals surface area contributed by atoms with Crippen molar-refractivity contribution in [3.63, 3.8) is 0 Å². The third kappa shape index (κ3) is 5.28. The minimum Gasteiger partial charge on any atom is -0.508 e. The van der Waals surface area contributed by atoms with Crippen molar-refractivity contribution in [3.8, 4) is 11.5 Å². The van der Waals surface area contributed by atoms with Gasteiger partial charge < -0.3 is 30.1 Å². The number of phenols is 2. The zero-order valence-electron chi connectivity index (χ0n) is 14.4. The van der Waals surface area contributed by atoms with Crippen LogP contribution >= 0.6 is 0 Å². The van der Waals surface area contributed by atoms with Crippen molar-refractivity contribution >= 4 is 6.03 Å². The van der Waals surface area contributed by atoms with E-state index in [2.05, 4.69) is 10.2 Å². The van der Waals surface area contributed by atoms with Crippen molar-refractivity contribution < 1.29 is 19.7 Å². The number of ether oxygens (including phenoxy) is 1. The topological polar surface area (TPSA) is 85.3 Å². The third-order valence-corrected chi connectivity index (χ3v) is 4.36. The van der Waals surface area contributed by atoms with Gasteiger partial charge in [0.15, 0.2) is 0 Å². The lowest BCUT2D eigenvalue weighted by atomic mass is 10.1. The van der Waals surface area contributed by atoms with E-state index in [-0.39, 0.29) is 24.1 Å². The molecule has 0 saturated carbocycles. The van der Waals surface area contributed by atoms with Gasteiger partial charge in [0.2, 0.25) is 0 Å². The average molecular weight is 337 g/mol. The second-order valence-corrected chi connectivity index (χ2v) is 6.30. The molecule has 3 N–H and O–H groups in total. The zero-order valence-corrected chi connectivity index (χ0v) is 14.4. The summed E-state index contributed by atoms with van der Waals surface area (Å²) in [6, 6.07) is 4.17. The van der Waals surface area contributed by atoms with Gasteiger partial charge in [0.05, 0.1) is 6.61 Å².